The molecule has 1 atom stereocenters. The number of carbonyl (C=O) groups is 2. The normalized spacial score (nSPS) is 23.4. The largest absolute Gasteiger partial charge is 0.365 e. The fourth-order valence-corrected chi connectivity index (χ4v) is 4.46. The second-order valence-corrected chi connectivity index (χ2v) is 8.97. The molecule has 0 spiro atoms. The number of likely N-dealkylation sites (tertiary alicyclic amines) is 1. The van der Waals surface area contributed by atoms with Gasteiger partial charge in [-0.15, -0.1) is 0 Å². The van der Waals surface area contributed by atoms with E-state index in [1.165, 1.54) is 19.4 Å². The molecule has 8 nitrogen and oxygen atoms in total. The summed E-state index contributed by atoms with van der Waals surface area (Å²) in [5.74, 6) is 1.28. The number of amides is 2. The van der Waals surface area contributed by atoms with Crippen LogP contribution in [0.2, 0.25) is 0 Å². The minimum atomic E-state index is -0.242. The van der Waals surface area contributed by atoms with Gasteiger partial charge < -0.3 is 24.4 Å². The van der Waals surface area contributed by atoms with Gasteiger partial charge in [-0.25, -0.2) is 0 Å². The highest BCUT2D eigenvalue weighted by Gasteiger charge is 2.31. The lowest BCUT2D eigenvalue weighted by atomic mass is 9.95. The molecule has 3 heterocycles. The van der Waals surface area contributed by atoms with Gasteiger partial charge in [-0.05, 0) is 56.7 Å². The number of hydrogen-bond acceptors (Lipinski definition) is 5. The lowest BCUT2D eigenvalue weighted by Crippen LogP contribution is -2.52. The molecule has 3 aliphatic rings. The summed E-state index contributed by atoms with van der Waals surface area (Å²) in [4.78, 5) is 29.3. The molecule has 1 aliphatic carbocycles. The van der Waals surface area contributed by atoms with Gasteiger partial charge in [0, 0.05) is 39.4 Å². The van der Waals surface area contributed by atoms with E-state index in [9.17, 15) is 9.59 Å². The molecule has 2 amide bonds. The van der Waals surface area contributed by atoms with Gasteiger partial charge in [0.05, 0.1) is 11.7 Å². The highest BCUT2D eigenvalue weighted by molar-refractivity contribution is 5.93. The van der Waals surface area contributed by atoms with Crippen LogP contribution in [0, 0.1) is 23.2 Å². The first-order chi connectivity index (χ1) is 14.5. The predicted molar refractivity (Wildman–Crippen MR) is 111 cm³/mol. The Bertz CT molecular complexity index is 817. The monoisotopic (exact) mass is 413 g/mol. The van der Waals surface area contributed by atoms with Crippen LogP contribution >= 0.6 is 0 Å². The molecule has 3 fully saturated rings. The first kappa shape index (κ1) is 20.9. The van der Waals surface area contributed by atoms with Crippen LogP contribution in [0.5, 0.6) is 0 Å². The molecule has 0 aromatic carbocycles. The third-order valence-electron chi connectivity index (χ3n) is 6.48. The van der Waals surface area contributed by atoms with Gasteiger partial charge in [0.2, 0.25) is 5.91 Å². The Kier molecular flexibility index (Phi) is 6.40. The van der Waals surface area contributed by atoms with Crippen molar-refractivity contribution in [3.05, 3.63) is 23.5 Å². The van der Waals surface area contributed by atoms with Crippen molar-refractivity contribution in [1.29, 1.82) is 5.26 Å². The van der Waals surface area contributed by atoms with E-state index in [1.807, 2.05) is 11.0 Å². The maximum atomic E-state index is 12.4. The lowest BCUT2D eigenvalue weighted by molar-refractivity contribution is -0.149. The van der Waals surface area contributed by atoms with Gasteiger partial charge in [-0.2, -0.15) is 5.26 Å². The van der Waals surface area contributed by atoms with Crippen LogP contribution in [-0.2, 0) is 16.6 Å². The SMILES string of the molecule is Cn1cc(C#N)cc1C(=O)NCC1CN(CC2CCN(CC3CC3)CC2)C(=O)CO1. The van der Waals surface area contributed by atoms with Crippen molar-refractivity contribution >= 4 is 11.8 Å². The summed E-state index contributed by atoms with van der Waals surface area (Å²) in [5.41, 5.74) is 0.893. The average Bonchev–Trinajstić information content (AvgIpc) is 3.48. The standard InChI is InChI=1S/C22H31N5O3/c1-25-11-18(9-23)8-20(25)22(29)24-10-19-14-27(21(28)15-30-19)13-17-4-6-26(7-5-17)12-16-2-3-16/h8,11,16-17,19H,2-7,10,12-15H2,1H3,(H,24,29). The van der Waals surface area contributed by atoms with E-state index in [2.05, 4.69) is 10.2 Å². The number of ether oxygens (including phenoxy) is 1. The Morgan fingerprint density at radius 3 is 2.63 bits per heavy atom. The fraction of sp³-hybridized carbons (Fsp3) is 0.682. The number of nitrogens with zero attached hydrogens (tertiary/aromatic N) is 4. The van der Waals surface area contributed by atoms with Crippen molar-refractivity contribution < 1.29 is 14.3 Å². The summed E-state index contributed by atoms with van der Waals surface area (Å²) >= 11 is 0. The highest BCUT2D eigenvalue weighted by Crippen LogP contribution is 2.31. The van der Waals surface area contributed by atoms with E-state index < -0.39 is 0 Å². The van der Waals surface area contributed by atoms with Crippen LogP contribution < -0.4 is 5.32 Å². The predicted octanol–water partition coefficient (Wildman–Crippen LogP) is 0.976. The number of morpholine rings is 1. The minimum absolute atomic E-state index is 0.0408. The Hall–Kier alpha value is -2.37. The molecule has 1 saturated carbocycles. The van der Waals surface area contributed by atoms with Crippen LogP contribution in [0.25, 0.3) is 0 Å². The maximum absolute atomic E-state index is 12.4. The van der Waals surface area contributed by atoms with Crippen molar-refractivity contribution in [3.63, 3.8) is 0 Å². The number of hydrogen-bond donors (Lipinski definition) is 1. The van der Waals surface area contributed by atoms with E-state index >= 15 is 0 Å². The Morgan fingerprint density at radius 1 is 1.23 bits per heavy atom. The van der Waals surface area contributed by atoms with Gasteiger partial charge in [0.1, 0.15) is 18.4 Å². The van der Waals surface area contributed by atoms with Crippen LogP contribution in [0.3, 0.4) is 0 Å². The molecule has 1 aromatic rings. The van der Waals surface area contributed by atoms with Gasteiger partial charge in [0.25, 0.3) is 5.91 Å². The molecule has 4 rings (SSSR count). The first-order valence-corrected chi connectivity index (χ1v) is 11.0. The first-order valence-electron chi connectivity index (χ1n) is 11.0. The third-order valence-corrected chi connectivity index (χ3v) is 6.48. The zero-order valence-electron chi connectivity index (χ0n) is 17.7. The van der Waals surface area contributed by atoms with Gasteiger partial charge in [-0.3, -0.25) is 9.59 Å². The molecule has 1 aromatic heterocycles. The molecule has 2 saturated heterocycles. The number of nitriles is 1. The molecule has 2 aliphatic heterocycles. The summed E-state index contributed by atoms with van der Waals surface area (Å²) in [6.07, 6.45) is 6.49. The van der Waals surface area contributed by atoms with Crippen molar-refractivity contribution in [1.82, 2.24) is 19.7 Å². The summed E-state index contributed by atoms with van der Waals surface area (Å²) in [7, 11) is 1.74. The Labute approximate surface area is 177 Å². The molecule has 30 heavy (non-hydrogen) atoms. The molecule has 162 valence electrons. The van der Waals surface area contributed by atoms with Crippen LogP contribution in [0.15, 0.2) is 12.3 Å². The smallest absolute Gasteiger partial charge is 0.268 e. The van der Waals surface area contributed by atoms with E-state index in [4.69, 9.17) is 10.00 Å². The van der Waals surface area contributed by atoms with E-state index in [-0.39, 0.29) is 24.5 Å². The average molecular weight is 414 g/mol. The number of rotatable bonds is 7. The number of piperidine rings is 1. The quantitative estimate of drug-likeness (QED) is 0.720. The zero-order chi connectivity index (χ0) is 21.1. The Balaban J connectivity index is 1.23. The topological polar surface area (TPSA) is 90.6 Å². The Morgan fingerprint density at radius 2 is 1.97 bits per heavy atom. The van der Waals surface area contributed by atoms with Crippen molar-refractivity contribution in [2.45, 2.75) is 31.8 Å². The van der Waals surface area contributed by atoms with Gasteiger partial charge in [-0.1, -0.05) is 0 Å². The van der Waals surface area contributed by atoms with Crippen molar-refractivity contribution in [2.75, 3.05) is 45.9 Å². The van der Waals surface area contributed by atoms with Gasteiger partial charge >= 0.3 is 0 Å². The second kappa shape index (κ2) is 9.19. The summed E-state index contributed by atoms with van der Waals surface area (Å²) in [5, 5.41) is 11.9. The third kappa shape index (κ3) is 5.21. The fourth-order valence-electron chi connectivity index (χ4n) is 4.46. The van der Waals surface area contributed by atoms with E-state index in [0.717, 1.165) is 38.4 Å². The molecule has 8 heteroatoms. The molecule has 1 N–H and O–H groups in total. The summed E-state index contributed by atoms with van der Waals surface area (Å²) in [6, 6.07) is 3.61. The second-order valence-electron chi connectivity index (χ2n) is 8.97. The number of aromatic nitrogens is 1. The minimum Gasteiger partial charge on any atom is -0.365 e. The molecular weight excluding hydrogens is 382 g/mol. The van der Waals surface area contributed by atoms with Crippen molar-refractivity contribution in [2.24, 2.45) is 18.9 Å². The number of aryl methyl sites for hydroxylation is 1. The van der Waals surface area contributed by atoms with Gasteiger partial charge in [0.15, 0.2) is 0 Å². The van der Waals surface area contributed by atoms with Crippen LogP contribution in [0.4, 0.5) is 0 Å². The van der Waals surface area contributed by atoms with Crippen molar-refractivity contribution in [3.8, 4) is 6.07 Å². The summed E-state index contributed by atoms with van der Waals surface area (Å²) in [6.45, 7) is 5.24. The lowest BCUT2D eigenvalue weighted by Gasteiger charge is -2.38. The zero-order valence-corrected chi connectivity index (χ0v) is 17.7. The summed E-state index contributed by atoms with van der Waals surface area (Å²) < 4.78 is 7.29. The van der Waals surface area contributed by atoms with Crippen LogP contribution in [-0.4, -0.2) is 78.2 Å². The number of carbonyl (C=O) groups excluding carboxylic acids is 2. The van der Waals surface area contributed by atoms with Crippen LogP contribution in [0.1, 0.15) is 41.7 Å². The number of nitrogens with one attached hydrogen (secondary N) is 1. The maximum Gasteiger partial charge on any atom is 0.268 e. The molecule has 0 radical (unpaired) electrons. The highest BCUT2D eigenvalue weighted by atomic mass is 16.5. The molecule has 0 bridgehead atoms. The van der Waals surface area contributed by atoms with E-state index in [0.29, 0.717) is 30.3 Å². The molecule has 1 unspecified atom stereocenters. The molecular formula is C22H31N5O3. The van der Waals surface area contributed by atoms with E-state index in [1.54, 1.807) is 23.9 Å².